The molecule has 0 heterocycles. The summed E-state index contributed by atoms with van der Waals surface area (Å²) in [5.41, 5.74) is 6.75. The fourth-order valence-electron chi connectivity index (χ4n) is 2.40. The average Bonchev–Trinajstić information content (AvgIpc) is 3.20. The van der Waals surface area contributed by atoms with Crippen LogP contribution in [0, 0.1) is 6.92 Å². The van der Waals surface area contributed by atoms with E-state index >= 15 is 0 Å². The van der Waals surface area contributed by atoms with Crippen LogP contribution >= 0.6 is 0 Å². The van der Waals surface area contributed by atoms with Crippen molar-refractivity contribution in [2.45, 2.75) is 25.2 Å². The van der Waals surface area contributed by atoms with Gasteiger partial charge in [0.05, 0.1) is 19.6 Å². The van der Waals surface area contributed by atoms with Gasteiger partial charge in [0.2, 0.25) is 5.91 Å². The minimum atomic E-state index is -0.491. The van der Waals surface area contributed by atoms with Crippen LogP contribution in [0.5, 0.6) is 11.5 Å². The van der Waals surface area contributed by atoms with E-state index in [0.29, 0.717) is 0 Å². The van der Waals surface area contributed by atoms with Crippen LogP contribution in [-0.4, -0.2) is 27.2 Å². The Morgan fingerprint density at radius 2 is 1.84 bits per heavy atom. The highest BCUT2D eigenvalue weighted by molar-refractivity contribution is 5.92. The van der Waals surface area contributed by atoms with Crippen LogP contribution in [0.25, 0.3) is 0 Å². The number of amides is 1. The first-order valence-corrected chi connectivity index (χ1v) is 6.29. The second-order valence-corrected chi connectivity index (χ2v) is 4.81. The molecule has 0 aromatic heterocycles. The van der Waals surface area contributed by atoms with Crippen molar-refractivity contribution in [1.29, 1.82) is 0 Å². The van der Waals surface area contributed by atoms with E-state index in [2.05, 4.69) is 10.9 Å². The SMILES string of the molecule is CNNC(=O)C1(c2cc(OC)c(C)cc2OC)CC1. The molecule has 1 aromatic rings. The van der Waals surface area contributed by atoms with Gasteiger partial charge in [-0.1, -0.05) is 0 Å². The first kappa shape index (κ1) is 13.7. The summed E-state index contributed by atoms with van der Waals surface area (Å²) >= 11 is 0. The maximum Gasteiger partial charge on any atom is 0.244 e. The summed E-state index contributed by atoms with van der Waals surface area (Å²) in [4.78, 5) is 12.2. The van der Waals surface area contributed by atoms with Gasteiger partial charge in [0.1, 0.15) is 11.5 Å². The smallest absolute Gasteiger partial charge is 0.244 e. The number of rotatable bonds is 5. The van der Waals surface area contributed by atoms with Gasteiger partial charge < -0.3 is 9.47 Å². The lowest BCUT2D eigenvalue weighted by Crippen LogP contribution is -2.41. The molecule has 0 saturated heterocycles. The lowest BCUT2D eigenvalue weighted by Gasteiger charge is -2.20. The van der Waals surface area contributed by atoms with E-state index in [1.807, 2.05) is 19.1 Å². The molecule has 0 bridgehead atoms. The van der Waals surface area contributed by atoms with E-state index in [-0.39, 0.29) is 5.91 Å². The molecule has 2 N–H and O–H groups in total. The molecule has 5 heteroatoms. The standard InChI is InChI=1S/C14H20N2O3/c1-9-7-12(19-4)10(8-11(9)18-3)14(5-6-14)13(17)16-15-2/h7-8,15H,5-6H2,1-4H3,(H,16,17). The summed E-state index contributed by atoms with van der Waals surface area (Å²) < 4.78 is 10.8. The van der Waals surface area contributed by atoms with Crippen molar-refractivity contribution in [2.24, 2.45) is 0 Å². The second-order valence-electron chi connectivity index (χ2n) is 4.81. The maximum absolute atomic E-state index is 12.2. The maximum atomic E-state index is 12.2. The molecule has 0 spiro atoms. The summed E-state index contributed by atoms with van der Waals surface area (Å²) in [7, 11) is 4.93. The van der Waals surface area contributed by atoms with E-state index < -0.39 is 5.41 Å². The molecule has 1 aromatic carbocycles. The van der Waals surface area contributed by atoms with Crippen molar-refractivity contribution in [3.05, 3.63) is 23.3 Å². The molecule has 1 amide bonds. The molecule has 1 aliphatic carbocycles. The molecule has 1 aliphatic rings. The van der Waals surface area contributed by atoms with Crippen LogP contribution in [0.2, 0.25) is 0 Å². The van der Waals surface area contributed by atoms with Crippen molar-refractivity contribution < 1.29 is 14.3 Å². The number of carbonyl (C=O) groups is 1. The van der Waals surface area contributed by atoms with Gasteiger partial charge in [0.25, 0.3) is 0 Å². The number of nitrogens with one attached hydrogen (secondary N) is 2. The van der Waals surface area contributed by atoms with Crippen molar-refractivity contribution in [2.75, 3.05) is 21.3 Å². The summed E-state index contributed by atoms with van der Waals surface area (Å²) in [6.45, 7) is 1.96. The molecule has 1 saturated carbocycles. The molecule has 0 unspecified atom stereocenters. The quantitative estimate of drug-likeness (QED) is 0.787. The third-order valence-electron chi connectivity index (χ3n) is 3.66. The van der Waals surface area contributed by atoms with E-state index in [0.717, 1.165) is 35.5 Å². The average molecular weight is 264 g/mol. The van der Waals surface area contributed by atoms with Crippen molar-refractivity contribution in [3.8, 4) is 11.5 Å². The third kappa shape index (κ3) is 2.26. The number of hydrogen-bond donors (Lipinski definition) is 2. The predicted octanol–water partition coefficient (Wildman–Crippen LogP) is 1.29. The Labute approximate surface area is 113 Å². The largest absolute Gasteiger partial charge is 0.496 e. The molecule has 0 radical (unpaired) electrons. The summed E-state index contributed by atoms with van der Waals surface area (Å²) in [6, 6.07) is 3.83. The van der Waals surface area contributed by atoms with Gasteiger partial charge in [-0.2, -0.15) is 0 Å². The van der Waals surface area contributed by atoms with Crippen LogP contribution in [-0.2, 0) is 10.2 Å². The van der Waals surface area contributed by atoms with Gasteiger partial charge >= 0.3 is 0 Å². The van der Waals surface area contributed by atoms with Gasteiger partial charge in [-0.3, -0.25) is 10.2 Å². The fourth-order valence-corrected chi connectivity index (χ4v) is 2.40. The molecule has 1 fully saturated rings. The monoisotopic (exact) mass is 264 g/mol. The Hall–Kier alpha value is -1.75. The predicted molar refractivity (Wildman–Crippen MR) is 72.4 cm³/mol. The lowest BCUT2D eigenvalue weighted by atomic mass is 9.92. The van der Waals surface area contributed by atoms with Gasteiger partial charge in [0.15, 0.2) is 0 Å². The molecular formula is C14H20N2O3. The van der Waals surface area contributed by atoms with E-state index in [9.17, 15) is 4.79 Å². The van der Waals surface area contributed by atoms with Gasteiger partial charge in [-0.05, 0) is 37.5 Å². The Balaban J connectivity index is 2.46. The van der Waals surface area contributed by atoms with E-state index in [4.69, 9.17) is 9.47 Å². The summed E-state index contributed by atoms with van der Waals surface area (Å²) in [6.07, 6.45) is 1.65. The molecule has 104 valence electrons. The minimum Gasteiger partial charge on any atom is -0.496 e. The van der Waals surface area contributed by atoms with Crippen LogP contribution in [0.3, 0.4) is 0 Å². The summed E-state index contributed by atoms with van der Waals surface area (Å²) in [5, 5.41) is 0. The highest BCUT2D eigenvalue weighted by Gasteiger charge is 2.53. The molecule has 0 aliphatic heterocycles. The van der Waals surface area contributed by atoms with Gasteiger partial charge in [0, 0.05) is 12.6 Å². The Bertz CT molecular complexity index is 496. The number of methoxy groups -OCH3 is 2. The highest BCUT2D eigenvalue weighted by atomic mass is 16.5. The number of ether oxygens (including phenoxy) is 2. The van der Waals surface area contributed by atoms with Crippen LogP contribution < -0.4 is 20.3 Å². The zero-order valence-electron chi connectivity index (χ0n) is 11.8. The first-order valence-electron chi connectivity index (χ1n) is 6.29. The van der Waals surface area contributed by atoms with Crippen molar-refractivity contribution in [3.63, 3.8) is 0 Å². The van der Waals surface area contributed by atoms with Gasteiger partial charge in [-0.25, -0.2) is 5.43 Å². The summed E-state index contributed by atoms with van der Waals surface area (Å²) in [5.74, 6) is 1.49. The Kier molecular flexibility index (Phi) is 3.66. The number of aryl methyl sites for hydroxylation is 1. The number of hydrazine groups is 1. The second kappa shape index (κ2) is 5.09. The third-order valence-corrected chi connectivity index (χ3v) is 3.66. The Morgan fingerprint density at radius 1 is 1.21 bits per heavy atom. The lowest BCUT2D eigenvalue weighted by molar-refractivity contribution is -0.124. The van der Waals surface area contributed by atoms with E-state index in [1.54, 1.807) is 21.3 Å². The zero-order valence-corrected chi connectivity index (χ0v) is 11.8. The van der Waals surface area contributed by atoms with Crippen molar-refractivity contribution >= 4 is 5.91 Å². The molecule has 19 heavy (non-hydrogen) atoms. The Morgan fingerprint density at radius 3 is 2.32 bits per heavy atom. The highest BCUT2D eigenvalue weighted by Crippen LogP contribution is 2.52. The molecule has 0 atom stereocenters. The number of benzene rings is 1. The van der Waals surface area contributed by atoms with Crippen LogP contribution in [0.15, 0.2) is 12.1 Å². The van der Waals surface area contributed by atoms with E-state index in [1.165, 1.54) is 0 Å². The minimum absolute atomic E-state index is 0.0285. The van der Waals surface area contributed by atoms with Crippen LogP contribution in [0.4, 0.5) is 0 Å². The molecule has 5 nitrogen and oxygen atoms in total. The van der Waals surface area contributed by atoms with Crippen LogP contribution in [0.1, 0.15) is 24.0 Å². The number of carbonyl (C=O) groups excluding carboxylic acids is 1. The normalized spacial score (nSPS) is 15.8. The van der Waals surface area contributed by atoms with Gasteiger partial charge in [-0.15, -0.1) is 0 Å². The first-order chi connectivity index (χ1) is 9.08. The molecule has 2 rings (SSSR count). The molecular weight excluding hydrogens is 244 g/mol. The van der Waals surface area contributed by atoms with Crippen molar-refractivity contribution in [1.82, 2.24) is 10.9 Å². The number of hydrogen-bond acceptors (Lipinski definition) is 4. The fraction of sp³-hybridized carbons (Fsp3) is 0.500. The topological polar surface area (TPSA) is 59.6 Å². The zero-order chi connectivity index (χ0) is 14.0.